The summed E-state index contributed by atoms with van der Waals surface area (Å²) in [5.41, 5.74) is 8.21. The molecule has 0 amide bonds. The lowest BCUT2D eigenvalue weighted by Crippen LogP contribution is -2.34. The minimum absolute atomic E-state index is 0.117. The highest BCUT2D eigenvalue weighted by Gasteiger charge is 2.25. The van der Waals surface area contributed by atoms with Crippen LogP contribution in [0, 0.1) is 0 Å². The van der Waals surface area contributed by atoms with Crippen molar-refractivity contribution in [3.63, 3.8) is 0 Å². The van der Waals surface area contributed by atoms with Crippen LogP contribution in [0.3, 0.4) is 0 Å². The fourth-order valence-corrected chi connectivity index (χ4v) is 2.30. The Morgan fingerprint density at radius 2 is 2.11 bits per heavy atom. The van der Waals surface area contributed by atoms with Crippen LogP contribution in [0.2, 0.25) is 5.02 Å². The van der Waals surface area contributed by atoms with E-state index in [1.807, 2.05) is 30.5 Å². The van der Waals surface area contributed by atoms with Gasteiger partial charge in [0.15, 0.2) is 0 Å². The molecular weight excluding hydrogens is 244 g/mol. The summed E-state index contributed by atoms with van der Waals surface area (Å²) < 4.78 is 0. The third-order valence-corrected chi connectivity index (χ3v) is 3.52. The van der Waals surface area contributed by atoms with Gasteiger partial charge in [-0.05, 0) is 35.7 Å². The second kappa shape index (κ2) is 5.51. The standard InChI is InChI=1S/C15H17ClN2/c1-15(11-17,9-12-4-3-7-18-10-12)13-5-2-6-14(16)8-13/h2-8,10H,9,11,17H2,1H3. The highest BCUT2D eigenvalue weighted by Crippen LogP contribution is 2.28. The molecular formula is C15H17ClN2. The summed E-state index contributed by atoms with van der Waals surface area (Å²) in [6.45, 7) is 2.73. The summed E-state index contributed by atoms with van der Waals surface area (Å²) in [5.74, 6) is 0. The zero-order valence-corrected chi connectivity index (χ0v) is 11.2. The molecule has 0 aliphatic rings. The van der Waals surface area contributed by atoms with E-state index in [2.05, 4.69) is 24.0 Å². The van der Waals surface area contributed by atoms with E-state index < -0.39 is 0 Å². The van der Waals surface area contributed by atoms with Crippen molar-refractivity contribution in [1.82, 2.24) is 4.98 Å². The van der Waals surface area contributed by atoms with Gasteiger partial charge in [-0.25, -0.2) is 0 Å². The molecule has 0 saturated carbocycles. The summed E-state index contributed by atoms with van der Waals surface area (Å²) in [6, 6.07) is 11.9. The fourth-order valence-electron chi connectivity index (χ4n) is 2.11. The molecule has 2 N–H and O–H groups in total. The van der Waals surface area contributed by atoms with Crippen LogP contribution in [0.1, 0.15) is 18.1 Å². The first-order valence-electron chi connectivity index (χ1n) is 5.99. The van der Waals surface area contributed by atoms with E-state index in [0.29, 0.717) is 6.54 Å². The third kappa shape index (κ3) is 2.89. The number of pyridine rings is 1. The lowest BCUT2D eigenvalue weighted by molar-refractivity contribution is 0.480. The van der Waals surface area contributed by atoms with Crippen molar-refractivity contribution in [3.8, 4) is 0 Å². The predicted molar refractivity (Wildman–Crippen MR) is 75.8 cm³/mol. The zero-order valence-electron chi connectivity index (χ0n) is 10.4. The van der Waals surface area contributed by atoms with E-state index in [0.717, 1.165) is 11.4 Å². The summed E-state index contributed by atoms with van der Waals surface area (Å²) in [4.78, 5) is 4.15. The molecule has 1 aromatic heterocycles. The first-order chi connectivity index (χ1) is 8.64. The Morgan fingerprint density at radius 1 is 1.28 bits per heavy atom. The number of hydrogen-bond donors (Lipinski definition) is 1. The van der Waals surface area contributed by atoms with Crippen LogP contribution < -0.4 is 5.73 Å². The summed E-state index contributed by atoms with van der Waals surface area (Å²) in [7, 11) is 0. The first-order valence-corrected chi connectivity index (χ1v) is 6.37. The summed E-state index contributed by atoms with van der Waals surface area (Å²) in [6.07, 6.45) is 4.53. The minimum atomic E-state index is -0.117. The van der Waals surface area contributed by atoms with Gasteiger partial charge in [-0.15, -0.1) is 0 Å². The Kier molecular flexibility index (Phi) is 4.00. The number of nitrogens with two attached hydrogens (primary N) is 1. The predicted octanol–water partition coefficient (Wildman–Crippen LogP) is 3.19. The Bertz CT molecular complexity index is 513. The zero-order chi connectivity index (χ0) is 13.0. The Labute approximate surface area is 113 Å². The molecule has 2 aromatic rings. The van der Waals surface area contributed by atoms with Gasteiger partial charge in [0.25, 0.3) is 0 Å². The highest BCUT2D eigenvalue weighted by molar-refractivity contribution is 6.30. The molecule has 0 saturated heterocycles. The minimum Gasteiger partial charge on any atom is -0.330 e. The van der Waals surface area contributed by atoms with Crippen LogP contribution in [0.5, 0.6) is 0 Å². The van der Waals surface area contributed by atoms with Crippen molar-refractivity contribution in [2.45, 2.75) is 18.8 Å². The molecule has 1 unspecified atom stereocenters. The molecule has 0 spiro atoms. The van der Waals surface area contributed by atoms with Crippen LogP contribution in [0.15, 0.2) is 48.8 Å². The average Bonchev–Trinajstić information content (AvgIpc) is 2.40. The fraction of sp³-hybridized carbons (Fsp3) is 0.267. The number of hydrogen-bond acceptors (Lipinski definition) is 2. The van der Waals surface area contributed by atoms with E-state index >= 15 is 0 Å². The Morgan fingerprint density at radius 3 is 2.72 bits per heavy atom. The summed E-state index contributed by atoms with van der Waals surface area (Å²) >= 11 is 6.06. The molecule has 0 fully saturated rings. The Hall–Kier alpha value is -1.38. The normalized spacial score (nSPS) is 14.2. The van der Waals surface area contributed by atoms with E-state index in [4.69, 9.17) is 17.3 Å². The molecule has 94 valence electrons. The molecule has 0 radical (unpaired) electrons. The van der Waals surface area contributed by atoms with Crippen LogP contribution in [-0.2, 0) is 11.8 Å². The van der Waals surface area contributed by atoms with Crippen LogP contribution in [0.4, 0.5) is 0 Å². The smallest absolute Gasteiger partial charge is 0.0408 e. The van der Waals surface area contributed by atoms with Crippen molar-refractivity contribution in [1.29, 1.82) is 0 Å². The van der Waals surface area contributed by atoms with E-state index in [1.165, 1.54) is 11.1 Å². The number of aromatic nitrogens is 1. The molecule has 2 rings (SSSR count). The quantitative estimate of drug-likeness (QED) is 0.917. The molecule has 2 nitrogen and oxygen atoms in total. The van der Waals surface area contributed by atoms with Gasteiger partial charge >= 0.3 is 0 Å². The van der Waals surface area contributed by atoms with E-state index in [-0.39, 0.29) is 5.41 Å². The average molecular weight is 261 g/mol. The maximum atomic E-state index is 6.06. The molecule has 3 heteroatoms. The van der Waals surface area contributed by atoms with Gasteiger partial charge in [-0.2, -0.15) is 0 Å². The van der Waals surface area contributed by atoms with Gasteiger partial charge in [0.1, 0.15) is 0 Å². The molecule has 18 heavy (non-hydrogen) atoms. The van der Waals surface area contributed by atoms with Gasteiger partial charge < -0.3 is 5.73 Å². The number of rotatable bonds is 4. The van der Waals surface area contributed by atoms with Gasteiger partial charge in [-0.3, -0.25) is 4.98 Å². The van der Waals surface area contributed by atoms with Crippen molar-refractivity contribution in [2.24, 2.45) is 5.73 Å². The van der Waals surface area contributed by atoms with Gasteiger partial charge in [0.05, 0.1) is 0 Å². The molecule has 1 aromatic carbocycles. The van der Waals surface area contributed by atoms with Crippen molar-refractivity contribution in [2.75, 3.05) is 6.54 Å². The van der Waals surface area contributed by atoms with Crippen molar-refractivity contribution >= 4 is 11.6 Å². The van der Waals surface area contributed by atoms with E-state index in [9.17, 15) is 0 Å². The number of halogens is 1. The number of nitrogens with zero attached hydrogens (tertiary/aromatic N) is 1. The first kappa shape index (κ1) is 13.1. The largest absolute Gasteiger partial charge is 0.330 e. The van der Waals surface area contributed by atoms with E-state index in [1.54, 1.807) is 6.20 Å². The second-order valence-electron chi connectivity index (χ2n) is 4.81. The third-order valence-electron chi connectivity index (χ3n) is 3.29. The lowest BCUT2D eigenvalue weighted by Gasteiger charge is -2.29. The molecule has 0 aliphatic heterocycles. The molecule has 0 bridgehead atoms. The molecule has 1 atom stereocenters. The van der Waals surface area contributed by atoms with Crippen LogP contribution in [0.25, 0.3) is 0 Å². The SMILES string of the molecule is CC(CN)(Cc1cccnc1)c1cccc(Cl)c1. The van der Waals surface area contributed by atoms with Crippen LogP contribution >= 0.6 is 11.6 Å². The monoisotopic (exact) mass is 260 g/mol. The van der Waals surface area contributed by atoms with Gasteiger partial charge in [-0.1, -0.05) is 36.7 Å². The number of benzene rings is 1. The highest BCUT2D eigenvalue weighted by atomic mass is 35.5. The molecule has 1 heterocycles. The Balaban J connectivity index is 2.31. The second-order valence-corrected chi connectivity index (χ2v) is 5.25. The maximum absolute atomic E-state index is 6.06. The van der Waals surface area contributed by atoms with Crippen molar-refractivity contribution in [3.05, 3.63) is 64.9 Å². The van der Waals surface area contributed by atoms with Crippen LogP contribution in [-0.4, -0.2) is 11.5 Å². The van der Waals surface area contributed by atoms with Crippen molar-refractivity contribution < 1.29 is 0 Å². The molecule has 0 aliphatic carbocycles. The van der Waals surface area contributed by atoms with Gasteiger partial charge in [0.2, 0.25) is 0 Å². The summed E-state index contributed by atoms with van der Waals surface area (Å²) in [5, 5.41) is 0.748. The van der Waals surface area contributed by atoms with Gasteiger partial charge in [0, 0.05) is 29.4 Å². The maximum Gasteiger partial charge on any atom is 0.0408 e. The lowest BCUT2D eigenvalue weighted by atomic mass is 9.77. The topological polar surface area (TPSA) is 38.9 Å².